The smallest absolute Gasteiger partial charge is 0.361 e. The number of aromatic amines is 1. The van der Waals surface area contributed by atoms with Gasteiger partial charge in [-0.25, -0.2) is 9.78 Å². The lowest BCUT2D eigenvalue weighted by molar-refractivity contribution is 0.0111. The van der Waals surface area contributed by atoms with Crippen LogP contribution in [0.15, 0.2) is 48.7 Å². The molecule has 1 N–H and O–H groups in total. The van der Waals surface area contributed by atoms with Crippen molar-refractivity contribution >= 4 is 39.4 Å². The van der Waals surface area contributed by atoms with Crippen LogP contribution in [0, 0.1) is 0 Å². The van der Waals surface area contributed by atoms with E-state index in [4.69, 9.17) is 30.5 Å². The molecule has 0 fully saturated rings. The van der Waals surface area contributed by atoms with Gasteiger partial charge in [0.05, 0.1) is 41.7 Å². The van der Waals surface area contributed by atoms with E-state index in [0.29, 0.717) is 33.2 Å². The van der Waals surface area contributed by atoms with Crippen molar-refractivity contribution in [1.29, 1.82) is 0 Å². The lowest BCUT2D eigenvalue weighted by Crippen LogP contribution is -2.20. The maximum atomic E-state index is 12.7. The number of esters is 1. The van der Waals surface area contributed by atoms with Crippen molar-refractivity contribution in [2.45, 2.75) is 13.0 Å². The summed E-state index contributed by atoms with van der Waals surface area (Å²) in [6, 6.07) is 12.7. The number of nitrogens with zero attached hydrogens (tertiary/aromatic N) is 1. The van der Waals surface area contributed by atoms with E-state index in [9.17, 15) is 4.79 Å². The zero-order valence-corrected chi connectivity index (χ0v) is 18.0. The molecule has 0 aliphatic rings. The minimum absolute atomic E-state index is 0.0835. The fourth-order valence-electron chi connectivity index (χ4n) is 3.44. The van der Waals surface area contributed by atoms with Crippen molar-refractivity contribution in [2.75, 3.05) is 20.8 Å². The molecule has 2 aromatic carbocycles. The number of ether oxygens (including phenoxy) is 4. The highest BCUT2D eigenvalue weighted by Crippen LogP contribution is 2.41. The topological polar surface area (TPSA) is 82.7 Å². The van der Waals surface area contributed by atoms with E-state index in [-0.39, 0.29) is 12.3 Å². The van der Waals surface area contributed by atoms with E-state index >= 15 is 0 Å². The third-order valence-corrected chi connectivity index (χ3v) is 4.98. The predicted octanol–water partition coefficient (Wildman–Crippen LogP) is 5.36. The molecule has 0 spiro atoms. The maximum Gasteiger partial charge on any atom is 0.361 e. The summed E-state index contributed by atoms with van der Waals surface area (Å²) < 4.78 is 22.2. The van der Waals surface area contributed by atoms with Crippen molar-refractivity contribution in [3.05, 3.63) is 59.4 Å². The lowest BCUT2D eigenvalue weighted by Gasteiger charge is -2.14. The first-order valence-corrected chi connectivity index (χ1v) is 10.00. The predicted molar refractivity (Wildman–Crippen MR) is 118 cm³/mol. The van der Waals surface area contributed by atoms with Crippen LogP contribution in [-0.2, 0) is 9.47 Å². The molecule has 160 valence electrons. The fraction of sp³-hybridized carbons (Fsp3) is 0.217. The third-order valence-electron chi connectivity index (χ3n) is 4.73. The zero-order chi connectivity index (χ0) is 22.0. The van der Waals surface area contributed by atoms with Gasteiger partial charge in [0.15, 0.2) is 11.4 Å². The Morgan fingerprint density at radius 2 is 1.87 bits per heavy atom. The molecule has 0 aliphatic heterocycles. The Labute approximate surface area is 183 Å². The number of rotatable bonds is 7. The number of methoxy groups -OCH3 is 2. The average molecular weight is 441 g/mol. The number of benzene rings is 2. The molecule has 4 aromatic rings. The third kappa shape index (κ3) is 4.15. The summed E-state index contributed by atoms with van der Waals surface area (Å²) in [5, 5.41) is 2.07. The Hall–Kier alpha value is -3.29. The van der Waals surface area contributed by atoms with Gasteiger partial charge in [0, 0.05) is 12.1 Å². The van der Waals surface area contributed by atoms with Gasteiger partial charge >= 0.3 is 5.97 Å². The molecule has 0 aliphatic carbocycles. The molecule has 4 rings (SSSR count). The van der Waals surface area contributed by atoms with Crippen LogP contribution in [0.2, 0.25) is 5.02 Å². The highest BCUT2D eigenvalue weighted by atomic mass is 35.5. The van der Waals surface area contributed by atoms with Crippen molar-refractivity contribution in [1.82, 2.24) is 9.97 Å². The van der Waals surface area contributed by atoms with Crippen molar-refractivity contribution in [2.24, 2.45) is 0 Å². The number of hydrogen-bond donors (Lipinski definition) is 1. The zero-order valence-electron chi connectivity index (χ0n) is 17.3. The van der Waals surface area contributed by atoms with E-state index in [1.54, 1.807) is 44.5 Å². The van der Waals surface area contributed by atoms with Crippen LogP contribution < -0.4 is 9.47 Å². The Bertz CT molecular complexity index is 1240. The number of halogens is 1. The number of carbonyl (C=O) groups excluding carboxylic acids is 1. The van der Waals surface area contributed by atoms with Crippen LogP contribution in [0.1, 0.15) is 17.4 Å². The Kier molecular flexibility index (Phi) is 5.97. The summed E-state index contributed by atoms with van der Waals surface area (Å²) >= 11 is 5.98. The normalized spacial score (nSPS) is 12.1. The maximum absolute atomic E-state index is 12.7. The second kappa shape index (κ2) is 8.83. The Balaban J connectivity index is 1.84. The summed E-state index contributed by atoms with van der Waals surface area (Å²) in [5.41, 5.74) is 1.61. The number of aromatic nitrogens is 2. The molecule has 2 heterocycles. The summed E-state index contributed by atoms with van der Waals surface area (Å²) in [6.45, 7) is 2.03. The number of nitrogens with one attached hydrogen (secondary N) is 1. The van der Waals surface area contributed by atoms with Gasteiger partial charge in [-0.05, 0) is 43.3 Å². The quantitative estimate of drug-likeness (QED) is 0.389. The van der Waals surface area contributed by atoms with Crippen LogP contribution >= 0.6 is 11.6 Å². The van der Waals surface area contributed by atoms with E-state index in [1.807, 2.05) is 18.2 Å². The van der Waals surface area contributed by atoms with E-state index < -0.39 is 12.1 Å². The molecular formula is C23H21ClN2O5. The van der Waals surface area contributed by atoms with Crippen molar-refractivity contribution in [3.63, 3.8) is 0 Å². The van der Waals surface area contributed by atoms with Crippen molar-refractivity contribution < 1.29 is 23.7 Å². The molecule has 7 nitrogen and oxygen atoms in total. The number of carbonyl (C=O) groups is 1. The summed E-state index contributed by atoms with van der Waals surface area (Å²) in [6.07, 6.45) is 1.16. The minimum Gasteiger partial charge on any atom is -0.493 e. The minimum atomic E-state index is -0.589. The first kappa shape index (κ1) is 21.0. The van der Waals surface area contributed by atoms with Crippen molar-refractivity contribution in [3.8, 4) is 17.2 Å². The molecule has 0 amide bonds. The standard InChI is InChI=1S/C23H21ClN2O5/c1-13(12-28-2)30-23(27)21-22(29-3)20-17(11-25-21)26-16-5-4-6-18(19(16)20)31-15-9-7-14(24)8-10-15/h4-11,13,26H,12H2,1-3H3. The van der Waals surface area contributed by atoms with Gasteiger partial charge in [-0.15, -0.1) is 0 Å². The van der Waals surface area contributed by atoms with Gasteiger partial charge < -0.3 is 23.9 Å². The second-order valence-corrected chi connectivity index (χ2v) is 7.40. The lowest BCUT2D eigenvalue weighted by atomic mass is 10.1. The van der Waals surface area contributed by atoms with Gasteiger partial charge in [-0.3, -0.25) is 0 Å². The number of H-pyrrole nitrogens is 1. The van der Waals surface area contributed by atoms with Crippen LogP contribution in [-0.4, -0.2) is 42.9 Å². The molecule has 0 radical (unpaired) electrons. The van der Waals surface area contributed by atoms with E-state index in [2.05, 4.69) is 9.97 Å². The van der Waals surface area contributed by atoms with Gasteiger partial charge in [0.2, 0.25) is 0 Å². The number of hydrogen-bond acceptors (Lipinski definition) is 6. The molecule has 1 unspecified atom stereocenters. The SMILES string of the molecule is COCC(C)OC(=O)c1ncc2[nH]c3cccc(Oc4ccc(Cl)cc4)c3c2c1OC. The second-order valence-electron chi connectivity index (χ2n) is 6.96. The molecule has 0 bridgehead atoms. The molecule has 0 saturated carbocycles. The number of pyridine rings is 1. The van der Waals surface area contributed by atoms with E-state index in [1.165, 1.54) is 7.11 Å². The first-order valence-electron chi connectivity index (χ1n) is 9.62. The Morgan fingerprint density at radius 1 is 1.10 bits per heavy atom. The first-order chi connectivity index (χ1) is 15.0. The van der Waals surface area contributed by atoms with Crippen LogP contribution in [0.25, 0.3) is 21.8 Å². The fourth-order valence-corrected chi connectivity index (χ4v) is 3.57. The average Bonchev–Trinajstić information content (AvgIpc) is 3.14. The highest BCUT2D eigenvalue weighted by Gasteiger charge is 2.24. The van der Waals surface area contributed by atoms with Crippen LogP contribution in [0.5, 0.6) is 17.2 Å². The molecule has 2 aromatic heterocycles. The molecular weight excluding hydrogens is 420 g/mol. The van der Waals surface area contributed by atoms with Crippen LogP contribution in [0.3, 0.4) is 0 Å². The summed E-state index contributed by atoms with van der Waals surface area (Å²) in [4.78, 5) is 20.3. The van der Waals surface area contributed by atoms with Crippen LogP contribution in [0.4, 0.5) is 0 Å². The Morgan fingerprint density at radius 3 is 2.58 bits per heavy atom. The van der Waals surface area contributed by atoms with Gasteiger partial charge in [-0.1, -0.05) is 17.7 Å². The van der Waals surface area contributed by atoms with E-state index in [0.717, 1.165) is 10.9 Å². The summed E-state index contributed by atoms with van der Waals surface area (Å²) in [7, 11) is 3.04. The molecule has 8 heteroatoms. The summed E-state index contributed by atoms with van der Waals surface area (Å²) in [5.74, 6) is 0.953. The molecule has 1 atom stereocenters. The number of fused-ring (bicyclic) bond motifs is 3. The molecule has 0 saturated heterocycles. The highest BCUT2D eigenvalue weighted by molar-refractivity contribution is 6.30. The molecule has 31 heavy (non-hydrogen) atoms. The van der Waals surface area contributed by atoms with Gasteiger partial charge in [0.25, 0.3) is 0 Å². The van der Waals surface area contributed by atoms with Gasteiger partial charge in [0.1, 0.15) is 17.6 Å². The van der Waals surface area contributed by atoms with Gasteiger partial charge in [-0.2, -0.15) is 0 Å². The largest absolute Gasteiger partial charge is 0.493 e. The monoisotopic (exact) mass is 440 g/mol.